The molecule has 0 atom stereocenters. The first-order valence-electron chi connectivity index (χ1n) is 39.7. The third kappa shape index (κ3) is 22.3. The number of hydrogen-bond donors (Lipinski definition) is 5. The number of carbonyl (C=O) groups excluding carboxylic acids is 5. The summed E-state index contributed by atoms with van der Waals surface area (Å²) in [4.78, 5) is 94.0. The van der Waals surface area contributed by atoms with Crippen LogP contribution in [0.1, 0.15) is 62.9 Å². The molecule has 138 heavy (non-hydrogen) atoms. The van der Waals surface area contributed by atoms with Crippen LogP contribution in [-0.4, -0.2) is 102 Å². The maximum atomic E-state index is 13.7. The number of fused-ring (bicyclic) bond motifs is 5. The Kier molecular flexibility index (Phi) is 28.1. The highest BCUT2D eigenvalue weighted by molar-refractivity contribution is 9.11. The number of pyridine rings is 2. The molecule has 28 nitrogen and oxygen atoms in total. The maximum absolute atomic E-state index is 13.7. The number of carbonyl (C=O) groups is 5. The van der Waals surface area contributed by atoms with Crippen LogP contribution in [0.2, 0.25) is 20.1 Å². The van der Waals surface area contributed by atoms with Gasteiger partial charge in [-0.15, -0.1) is 26.3 Å². The summed E-state index contributed by atoms with van der Waals surface area (Å²) in [5.41, 5.74) is 7.14. The fraction of sp³-hybridized carbons (Fsp3) is 0.0745. The zero-order valence-electron chi connectivity index (χ0n) is 69.8. The van der Waals surface area contributed by atoms with E-state index >= 15 is 0 Å². The van der Waals surface area contributed by atoms with Gasteiger partial charge in [-0.3, -0.25) is 38.9 Å². The Hall–Kier alpha value is -15.5. The predicted octanol–water partition coefficient (Wildman–Crippen LogP) is 23.9. The second-order valence-electron chi connectivity index (χ2n) is 29.0. The molecule has 0 spiro atoms. The number of halogens is 16. The van der Waals surface area contributed by atoms with Gasteiger partial charge in [0.1, 0.15) is 40.5 Å². The highest BCUT2D eigenvalue weighted by atomic mass is 79.9. The molecule has 5 amide bonds. The number of benzene rings is 10. The lowest BCUT2D eigenvalue weighted by Crippen LogP contribution is -2.25. The number of ether oxygens (including phenoxy) is 10. The maximum Gasteiger partial charge on any atom is 0.586 e. The number of aryl methyl sites for hydroxylation is 1. The molecule has 44 heteroatoms. The lowest BCUT2D eigenvalue weighted by molar-refractivity contribution is -0.287. The van der Waals surface area contributed by atoms with Gasteiger partial charge in [-0.2, -0.15) is 0 Å². The minimum atomic E-state index is -3.80. The van der Waals surface area contributed by atoms with E-state index in [1.54, 1.807) is 54.9 Å². The van der Waals surface area contributed by atoms with Crippen LogP contribution in [0.5, 0.6) is 57.5 Å². The summed E-state index contributed by atoms with van der Waals surface area (Å²) in [7, 11) is 0. The highest BCUT2D eigenvalue weighted by Gasteiger charge is 2.46. The molecule has 0 aliphatic carbocycles. The first-order valence-corrected chi connectivity index (χ1v) is 42.8. The van der Waals surface area contributed by atoms with Crippen molar-refractivity contribution >= 4 is 137 Å². The monoisotopic (exact) mass is 2090 g/mol. The van der Waals surface area contributed by atoms with Gasteiger partial charge in [-0.05, 0) is 146 Å². The topological polar surface area (TPSA) is 341 Å². The Morgan fingerprint density at radius 2 is 0.609 bits per heavy atom. The van der Waals surface area contributed by atoms with E-state index in [1.807, 2.05) is 68.4 Å². The van der Waals surface area contributed by atoms with Crippen molar-refractivity contribution in [1.82, 2.24) is 39.9 Å². The van der Waals surface area contributed by atoms with Crippen LogP contribution in [0.25, 0.3) is 56.0 Å². The lowest BCUT2D eigenvalue weighted by atomic mass is 10.0. The minimum Gasteiger partial charge on any atom is -0.454 e. The van der Waals surface area contributed by atoms with Gasteiger partial charge >= 0.3 is 18.9 Å². The van der Waals surface area contributed by atoms with Crippen LogP contribution in [0.4, 0.5) is 73.0 Å². The summed E-state index contributed by atoms with van der Waals surface area (Å²) < 4.78 is 183. The fourth-order valence-corrected chi connectivity index (χ4v) is 15.3. The van der Waals surface area contributed by atoms with Gasteiger partial charge in [0.2, 0.25) is 13.6 Å². The third-order valence-electron chi connectivity index (χ3n) is 19.9. The Morgan fingerprint density at radius 3 is 0.971 bits per heavy atom. The van der Waals surface area contributed by atoms with Gasteiger partial charge < -0.3 is 74.0 Å². The van der Waals surface area contributed by atoms with Crippen molar-refractivity contribution in [2.45, 2.75) is 32.7 Å². The number of aromatic nitrogens is 8. The van der Waals surface area contributed by atoms with E-state index < -0.39 is 71.3 Å². The first kappa shape index (κ1) is 95.7. The van der Waals surface area contributed by atoms with Gasteiger partial charge in [0.15, 0.2) is 74.9 Å². The van der Waals surface area contributed by atoms with Crippen LogP contribution in [0.3, 0.4) is 0 Å². The molecular formula is C94H55Br2Cl4F10N13O15. The van der Waals surface area contributed by atoms with Crippen molar-refractivity contribution in [2.75, 3.05) is 40.2 Å². The van der Waals surface area contributed by atoms with E-state index in [1.165, 1.54) is 97.7 Å². The molecule has 0 saturated carbocycles. The van der Waals surface area contributed by atoms with Crippen molar-refractivity contribution in [3.05, 3.63) is 335 Å². The number of nitrogens with zero attached hydrogens (tertiary/aromatic N) is 8. The normalized spacial score (nSPS) is 13.3. The van der Waals surface area contributed by atoms with E-state index in [4.69, 9.17) is 65.4 Å². The van der Waals surface area contributed by atoms with Crippen molar-refractivity contribution < 1.29 is 115 Å². The van der Waals surface area contributed by atoms with E-state index in [-0.39, 0.29) is 126 Å². The van der Waals surface area contributed by atoms with Crippen molar-refractivity contribution in [3.63, 3.8) is 0 Å². The van der Waals surface area contributed by atoms with Gasteiger partial charge in [-0.1, -0.05) is 133 Å². The molecule has 5 aliphatic rings. The molecule has 20 rings (SSSR count). The summed E-state index contributed by atoms with van der Waals surface area (Å²) in [6, 6.07) is 48.5. The number of amides is 5. The van der Waals surface area contributed by atoms with E-state index in [9.17, 15) is 67.9 Å². The molecule has 5 aromatic heterocycles. The van der Waals surface area contributed by atoms with Crippen LogP contribution < -0.4 is 74.0 Å². The lowest BCUT2D eigenvalue weighted by Gasteiger charge is -2.10. The van der Waals surface area contributed by atoms with Gasteiger partial charge in [-0.25, -0.2) is 42.5 Å². The quantitative estimate of drug-likeness (QED) is 0.0595. The molecule has 10 aromatic carbocycles. The number of anilines is 5. The molecule has 0 radical (unpaired) electrons. The molecule has 0 fully saturated rings. The van der Waals surface area contributed by atoms with Gasteiger partial charge in [0.25, 0.3) is 29.5 Å². The zero-order chi connectivity index (χ0) is 97.6. The molecule has 698 valence electrons. The Morgan fingerprint density at radius 1 is 0.304 bits per heavy atom. The van der Waals surface area contributed by atoms with E-state index in [2.05, 4.69) is 127 Å². The van der Waals surface area contributed by atoms with Crippen molar-refractivity contribution in [3.8, 4) is 114 Å². The summed E-state index contributed by atoms with van der Waals surface area (Å²) in [5.74, 6) is -3.63. The van der Waals surface area contributed by atoms with Gasteiger partial charge in [0.05, 0.1) is 91.0 Å². The first-order chi connectivity index (χ1) is 66.0. The fourth-order valence-electron chi connectivity index (χ4n) is 13.2. The third-order valence-corrected chi connectivity index (χ3v) is 22.5. The Labute approximate surface area is 808 Å². The molecule has 0 bridgehead atoms. The van der Waals surface area contributed by atoms with Crippen LogP contribution in [0, 0.1) is 37.1 Å². The number of nitrogens with one attached hydrogen (secondary N) is 5. The Bertz CT molecular complexity index is 7110. The average molecular weight is 2100 g/mol. The number of rotatable bonds is 15. The summed E-state index contributed by atoms with van der Waals surface area (Å²) in [6.07, 6.45) is -0.520. The van der Waals surface area contributed by atoms with Crippen molar-refractivity contribution in [2.24, 2.45) is 0 Å². The SMILES string of the molecule is Cc1cccc(C(=O)Nc2ccc(-c3cc4c(cc3Br)OCO4)cn2)c1C.O=C(Nc1ccc(-c2cc3c(cc2Br)OCO3)cn1)c1ccccc1F.O=C(Nc1cnc(-c2cc3c(cc2Cl)OC(F)(F)O3)cn1)c1c(F)cccc1F.O=C(Nc1cnc(-c2cc3c(cc2Cl)OC(F)(F)O3)cn1)c1ccccc1Cl.O=C(Nc1cnc(-c2cc3c(cc2Cl)OC(F)(F)O3)cn1)c1ccccc1F. The minimum absolute atomic E-state index is 0.0307. The molecule has 5 N–H and O–H groups in total. The zero-order valence-corrected chi connectivity index (χ0v) is 76.0. The molecular weight excluding hydrogens is 2040 g/mol. The number of hydrogen-bond acceptors (Lipinski definition) is 23. The molecule has 0 saturated heterocycles. The van der Waals surface area contributed by atoms with Crippen LogP contribution in [-0.2, 0) is 0 Å². The highest BCUT2D eigenvalue weighted by Crippen LogP contribution is 2.50. The summed E-state index contributed by atoms with van der Waals surface area (Å²) in [6.45, 7) is 4.36. The summed E-state index contributed by atoms with van der Waals surface area (Å²) in [5, 5.41) is 13.2. The van der Waals surface area contributed by atoms with Crippen molar-refractivity contribution in [1.29, 1.82) is 0 Å². The molecule has 15 aromatic rings. The summed E-state index contributed by atoms with van der Waals surface area (Å²) >= 11 is 31.3. The molecule has 5 aliphatic heterocycles. The number of alkyl halides is 6. The predicted molar refractivity (Wildman–Crippen MR) is 489 cm³/mol. The average Bonchev–Trinajstić information content (AvgIpc) is 1.63. The standard InChI is InChI=1S/C21H17BrN2O3.C19H12BrFN2O3.C18H9Cl2F2N3O3.C18H8ClF4N3O3.C18H9ClF3N3O3/c1-12-4-3-5-15(13(12)2)21(25)24-20-7-6-14(10-23-20)16-8-18-19(9-17(16)22)27-11-26-18;20-14-8-17-16(25-10-26-17)7-13(14)11-5-6-18(22-9-11)23-19(24)12-3-1-2-4-15(12)21;19-11-4-2-1-3-9(11)17(26)25-16-8-23-13(7-24-16)10-5-14-15(6-12(10)20)28-18(21,22)27-14;19-9-5-14-13(28-18(22,23)29-14)4-8(9)12-6-25-15(7-24-12)26-17(27)16-10(20)2-1-3-11(16)21;19-11-6-15-14(27-18(21,22)28-15)5-10(11)13-7-24-16(8-23-13)25-17(26)9-3-1-2-4-12(9)20/h3-10H,11H2,1-2H3,(H,23,24,25);1-9H,10H2,(H,22,23,24);1-8H,(H,24,25,26);1-7H,(H,25,26,27);1-8H,(H,24,25,26). The van der Waals surface area contributed by atoms with Crippen LogP contribution >= 0.6 is 78.3 Å². The largest absolute Gasteiger partial charge is 0.586 e. The van der Waals surface area contributed by atoms with E-state index in [0.29, 0.717) is 50.7 Å². The van der Waals surface area contributed by atoms with Gasteiger partial charge in [0, 0.05) is 84.0 Å². The second-order valence-corrected chi connectivity index (χ2v) is 32.3. The Balaban J connectivity index is 0.000000125. The van der Waals surface area contributed by atoms with Crippen LogP contribution in [0.15, 0.2) is 253 Å². The smallest absolute Gasteiger partial charge is 0.454 e. The van der Waals surface area contributed by atoms with E-state index in [0.717, 1.165) is 84.6 Å². The molecule has 0 unspecified atom stereocenters. The molecule has 10 heterocycles. The second kappa shape index (κ2) is 40.6.